The third-order valence-corrected chi connectivity index (χ3v) is 5.58. The van der Waals surface area contributed by atoms with Gasteiger partial charge >= 0.3 is 0 Å². The predicted molar refractivity (Wildman–Crippen MR) is 99.4 cm³/mol. The lowest BCUT2D eigenvalue weighted by atomic mass is 9.85. The van der Waals surface area contributed by atoms with Crippen molar-refractivity contribution in [3.63, 3.8) is 0 Å². The van der Waals surface area contributed by atoms with Crippen molar-refractivity contribution >= 4 is 22.4 Å². The summed E-state index contributed by atoms with van der Waals surface area (Å²) in [5, 5.41) is 7.10. The molecule has 0 saturated carbocycles. The lowest BCUT2D eigenvalue weighted by Crippen LogP contribution is -2.34. The molecule has 1 aliphatic heterocycles. The average molecular weight is 343 g/mol. The lowest BCUT2D eigenvalue weighted by Gasteiger charge is -2.27. The summed E-state index contributed by atoms with van der Waals surface area (Å²) in [5.41, 5.74) is 1.26. The van der Waals surface area contributed by atoms with Crippen molar-refractivity contribution in [2.45, 2.75) is 32.6 Å². The summed E-state index contributed by atoms with van der Waals surface area (Å²) in [7, 11) is 0. The molecular weight excluding hydrogens is 318 g/mol. The first-order chi connectivity index (χ1) is 11.7. The van der Waals surface area contributed by atoms with E-state index in [9.17, 15) is 4.79 Å². The van der Waals surface area contributed by atoms with Gasteiger partial charge in [-0.05, 0) is 43.3 Å². The van der Waals surface area contributed by atoms with Crippen LogP contribution >= 0.6 is 11.3 Å². The summed E-state index contributed by atoms with van der Waals surface area (Å²) < 4.78 is 0. The number of carbonyl (C=O) groups is 1. The van der Waals surface area contributed by atoms with Crippen LogP contribution in [0.4, 0.5) is 5.13 Å². The van der Waals surface area contributed by atoms with E-state index in [0.717, 1.165) is 19.5 Å². The number of hydrogen-bond acceptors (Lipinski definition) is 4. The zero-order valence-corrected chi connectivity index (χ0v) is 14.9. The second-order valence-electron chi connectivity index (χ2n) is 6.63. The van der Waals surface area contributed by atoms with Crippen molar-refractivity contribution in [1.82, 2.24) is 10.3 Å². The van der Waals surface area contributed by atoms with E-state index in [1.807, 2.05) is 24.4 Å². The highest BCUT2D eigenvalue weighted by atomic mass is 32.1. The second-order valence-corrected chi connectivity index (χ2v) is 7.75. The fourth-order valence-electron chi connectivity index (χ4n) is 3.24. The molecular formula is C19H25N3OS. The van der Waals surface area contributed by atoms with E-state index in [2.05, 4.69) is 34.7 Å². The molecule has 2 unspecified atom stereocenters. The Balaban J connectivity index is 1.49. The van der Waals surface area contributed by atoms with Crippen molar-refractivity contribution in [3.05, 3.63) is 47.0 Å². The minimum Gasteiger partial charge on any atom is -0.316 e. The van der Waals surface area contributed by atoms with E-state index >= 15 is 0 Å². The highest BCUT2D eigenvalue weighted by molar-refractivity contribution is 7.15. The van der Waals surface area contributed by atoms with E-state index in [4.69, 9.17) is 0 Å². The van der Waals surface area contributed by atoms with E-state index < -0.39 is 0 Å². The molecule has 3 rings (SSSR count). The molecule has 5 heteroatoms. The van der Waals surface area contributed by atoms with E-state index in [-0.39, 0.29) is 5.91 Å². The van der Waals surface area contributed by atoms with Gasteiger partial charge in [-0.25, -0.2) is 4.98 Å². The first kappa shape index (κ1) is 17.1. The Bertz CT molecular complexity index is 650. The quantitative estimate of drug-likeness (QED) is 0.841. The van der Waals surface area contributed by atoms with Gasteiger partial charge in [-0.3, -0.25) is 4.79 Å². The first-order valence-electron chi connectivity index (χ1n) is 8.70. The standard InChI is InChI=1S/C19H25N3OS/c1-14(16-8-5-9-20-12-16)10-18(23)22-19-21-13-17(24-19)11-15-6-3-2-4-7-15/h2-4,6-7,13-14,16,20H,5,8-12H2,1H3,(H,21,22,23). The van der Waals surface area contributed by atoms with Crippen LogP contribution in [0, 0.1) is 11.8 Å². The highest BCUT2D eigenvalue weighted by Crippen LogP contribution is 2.25. The van der Waals surface area contributed by atoms with Crippen LogP contribution in [0.3, 0.4) is 0 Å². The van der Waals surface area contributed by atoms with Crippen LogP contribution in [-0.2, 0) is 11.2 Å². The van der Waals surface area contributed by atoms with Gasteiger partial charge in [0.25, 0.3) is 0 Å². The predicted octanol–water partition coefficient (Wildman–Crippen LogP) is 3.70. The molecule has 1 saturated heterocycles. The van der Waals surface area contributed by atoms with E-state index in [1.54, 1.807) is 11.3 Å². The van der Waals surface area contributed by atoms with Gasteiger partial charge in [0.05, 0.1) is 0 Å². The highest BCUT2D eigenvalue weighted by Gasteiger charge is 2.22. The maximum absolute atomic E-state index is 12.3. The van der Waals surface area contributed by atoms with Gasteiger partial charge in [0.2, 0.25) is 5.91 Å². The Kier molecular flexibility index (Phi) is 5.99. The Hall–Kier alpha value is -1.72. The fraction of sp³-hybridized carbons (Fsp3) is 0.474. The van der Waals surface area contributed by atoms with Crippen molar-refractivity contribution in [2.75, 3.05) is 18.4 Å². The minimum atomic E-state index is 0.0775. The Morgan fingerprint density at radius 3 is 3.00 bits per heavy atom. The zero-order valence-electron chi connectivity index (χ0n) is 14.1. The molecule has 0 aliphatic carbocycles. The molecule has 2 heterocycles. The molecule has 1 aromatic carbocycles. The normalized spacial score (nSPS) is 19.0. The fourth-order valence-corrected chi connectivity index (χ4v) is 4.10. The summed E-state index contributed by atoms with van der Waals surface area (Å²) in [6.45, 7) is 4.32. The number of nitrogens with one attached hydrogen (secondary N) is 2. The number of anilines is 1. The number of thiazole rings is 1. The lowest BCUT2D eigenvalue weighted by molar-refractivity contribution is -0.117. The van der Waals surface area contributed by atoms with Crippen LogP contribution in [0.5, 0.6) is 0 Å². The molecule has 4 nitrogen and oxygen atoms in total. The molecule has 1 amide bonds. The van der Waals surface area contributed by atoms with E-state index in [0.29, 0.717) is 23.4 Å². The molecule has 1 aliphatic rings. The van der Waals surface area contributed by atoms with Gasteiger partial charge < -0.3 is 10.6 Å². The van der Waals surface area contributed by atoms with Crippen LogP contribution in [0.2, 0.25) is 0 Å². The van der Waals surface area contributed by atoms with Gasteiger partial charge in [0, 0.05) is 23.9 Å². The molecule has 2 atom stereocenters. The van der Waals surface area contributed by atoms with E-state index in [1.165, 1.54) is 23.3 Å². The Labute approximate surface area is 147 Å². The van der Waals surface area contributed by atoms with Crippen LogP contribution in [0.15, 0.2) is 36.5 Å². The molecule has 2 N–H and O–H groups in total. The molecule has 24 heavy (non-hydrogen) atoms. The number of hydrogen-bond donors (Lipinski definition) is 2. The summed E-state index contributed by atoms with van der Waals surface area (Å²) in [4.78, 5) is 17.8. The third-order valence-electron chi connectivity index (χ3n) is 4.67. The Morgan fingerprint density at radius 1 is 1.42 bits per heavy atom. The summed E-state index contributed by atoms with van der Waals surface area (Å²) in [5.74, 6) is 1.09. The minimum absolute atomic E-state index is 0.0775. The van der Waals surface area contributed by atoms with Crippen molar-refractivity contribution in [3.8, 4) is 0 Å². The van der Waals surface area contributed by atoms with Gasteiger partial charge in [-0.1, -0.05) is 37.3 Å². The van der Waals surface area contributed by atoms with Crippen molar-refractivity contribution < 1.29 is 4.79 Å². The monoisotopic (exact) mass is 343 g/mol. The van der Waals surface area contributed by atoms with Crippen LogP contribution in [0.1, 0.15) is 36.6 Å². The maximum atomic E-state index is 12.3. The Morgan fingerprint density at radius 2 is 2.25 bits per heavy atom. The maximum Gasteiger partial charge on any atom is 0.226 e. The van der Waals surface area contributed by atoms with Crippen molar-refractivity contribution in [1.29, 1.82) is 0 Å². The van der Waals surface area contributed by atoms with Crippen LogP contribution in [0.25, 0.3) is 0 Å². The number of carbonyl (C=O) groups excluding carboxylic acids is 1. The third kappa shape index (κ3) is 4.89. The van der Waals surface area contributed by atoms with Gasteiger partial charge in [-0.2, -0.15) is 0 Å². The number of piperidine rings is 1. The number of rotatable bonds is 6. The molecule has 1 fully saturated rings. The number of benzene rings is 1. The van der Waals surface area contributed by atoms with Crippen molar-refractivity contribution in [2.24, 2.45) is 11.8 Å². The molecule has 0 spiro atoms. The summed E-state index contributed by atoms with van der Waals surface area (Å²) in [6, 6.07) is 10.3. The number of aromatic nitrogens is 1. The van der Waals surface area contributed by atoms with Crippen LogP contribution < -0.4 is 10.6 Å². The summed E-state index contributed by atoms with van der Waals surface area (Å²) in [6.07, 6.45) is 5.73. The summed E-state index contributed by atoms with van der Waals surface area (Å²) >= 11 is 1.56. The van der Waals surface area contributed by atoms with Gasteiger partial charge in [-0.15, -0.1) is 11.3 Å². The smallest absolute Gasteiger partial charge is 0.226 e. The molecule has 128 valence electrons. The molecule has 0 radical (unpaired) electrons. The molecule has 0 bridgehead atoms. The SMILES string of the molecule is CC(CC(=O)Nc1ncc(Cc2ccccc2)s1)C1CCCNC1. The molecule has 1 aromatic heterocycles. The number of amides is 1. The van der Waals surface area contributed by atoms with Crippen LogP contribution in [-0.4, -0.2) is 24.0 Å². The second kappa shape index (κ2) is 8.40. The largest absolute Gasteiger partial charge is 0.316 e. The average Bonchev–Trinajstić information content (AvgIpc) is 3.03. The number of nitrogens with zero attached hydrogens (tertiary/aromatic N) is 1. The first-order valence-corrected chi connectivity index (χ1v) is 9.51. The molecule has 2 aromatic rings. The zero-order chi connectivity index (χ0) is 16.8. The van der Waals surface area contributed by atoms with Gasteiger partial charge in [0.15, 0.2) is 5.13 Å². The van der Waals surface area contributed by atoms with Gasteiger partial charge in [0.1, 0.15) is 0 Å². The topological polar surface area (TPSA) is 54.0 Å².